The van der Waals surface area contributed by atoms with Crippen LogP contribution in [0.15, 0.2) is 271 Å². The van der Waals surface area contributed by atoms with Crippen molar-refractivity contribution < 1.29 is 82.0 Å². The Labute approximate surface area is 807 Å². The van der Waals surface area contributed by atoms with E-state index in [-0.39, 0.29) is 90.1 Å². The van der Waals surface area contributed by atoms with Crippen LogP contribution in [0.4, 0.5) is 45.5 Å². The predicted octanol–water partition coefficient (Wildman–Crippen LogP) is 24.2. The third-order valence-electron chi connectivity index (χ3n) is 25.2. The molecule has 11 aromatic carbocycles. The number of anilines is 8. The number of nitrogens with two attached hydrogens (primary N) is 2. The number of benzene rings is 11. The minimum absolute atomic E-state index is 0. The van der Waals surface area contributed by atoms with E-state index in [0.29, 0.717) is 33.0 Å². The van der Waals surface area contributed by atoms with Gasteiger partial charge in [0.15, 0.2) is 31.5 Å². The molecule has 5 aliphatic rings. The van der Waals surface area contributed by atoms with Gasteiger partial charge >= 0.3 is 29.6 Å². The Morgan fingerprint density at radius 2 is 0.423 bits per heavy atom. The molecule has 5 atom stereocenters. The normalized spacial score (nSPS) is 17.9. The van der Waals surface area contributed by atoms with Crippen LogP contribution in [0.1, 0.15) is 252 Å². The summed E-state index contributed by atoms with van der Waals surface area (Å²) in [5.41, 5.74) is 34.1. The van der Waals surface area contributed by atoms with Gasteiger partial charge in [-0.05, 0) is 278 Å². The van der Waals surface area contributed by atoms with Gasteiger partial charge in [0.2, 0.25) is 0 Å². The maximum atomic E-state index is 10.1. The van der Waals surface area contributed by atoms with Gasteiger partial charge < -0.3 is 73.7 Å². The maximum Gasteiger partial charge on any atom is 1.00 e. The van der Waals surface area contributed by atoms with E-state index in [4.69, 9.17) is 58.8 Å². The summed E-state index contributed by atoms with van der Waals surface area (Å²) in [5, 5.41) is 10.1. The molecule has 0 amide bonds. The quantitative estimate of drug-likeness (QED) is 0.0334. The van der Waals surface area contributed by atoms with Gasteiger partial charge in [-0.15, -0.1) is 5.60 Å². The molecule has 15 nitrogen and oxygen atoms in total. The fraction of sp³-hybridized carbons (Fsp3) is 0.416. The van der Waals surface area contributed by atoms with Crippen molar-refractivity contribution in [2.24, 2.45) is 0 Å². The standard InChI is InChI=1S/C72H84N2O8.C24H28N2.C12H15BrO2.C4H9O.CH4.Na/c1-71(2,59-29-41-65(42-30-59)73(61-33-17-53(18-34-61)49-79-67-13-5-9-45-75-67)62-35-19-54(20-36-62)50-80-68-14-6-10-46-76-68)57-25-27-58(28-26-57)72(3,4)60-31-43-66(44-32-60)74(63-37-21-55(22-38-63)51-81-69-15-7-11-47-77-69)64-39-23-56(24-40-64)52-82-70-16-8-12-48-78-70;1-23(2,19-9-13-21(25)14-10-19)17-5-7-18(8-6-17)24(3,4)20-11-15-22(26)16-12-20;13-11-6-4-10(5-7-11)9-15-12-3-1-2-8-14-12;1-4(2,3)5;;/h17-44,67-70H,5-16,45-52H2,1-4H3;5-16H,25-26H2,1-4H3;4-7,12H,1-3,8-9H2;1-3H3;1H4;/q;;;-1;;+1. The van der Waals surface area contributed by atoms with Gasteiger partial charge in [0.25, 0.3) is 0 Å². The van der Waals surface area contributed by atoms with Crippen LogP contribution in [0, 0.1) is 0 Å². The molecule has 11 aromatic rings. The van der Waals surface area contributed by atoms with Crippen molar-refractivity contribution in [1.82, 2.24) is 0 Å². The van der Waals surface area contributed by atoms with Crippen LogP contribution in [-0.2, 0) is 102 Å². The molecule has 5 aliphatic heterocycles. The number of ether oxygens (including phenoxy) is 10. The SMILES string of the molecule is Brc1ccc(COC2CCCCO2)cc1.C.CC(C)(C)[O-].CC(C)(c1ccc(N(c2ccc(COC3CCCCO3)cc2)c2ccc(COC3CCCCO3)cc2)cc1)c1ccc(C(C)(C)c2ccc(N(c3ccc(COC4CCCCO4)cc3)c3ccc(COC4CCCCO4)cc3)cc2)cc1.CC(C)(c1ccc(N)cc1)c1ccc(C(C)(C)c2ccc(N)cc2)cc1.[Na+]. The first-order valence-corrected chi connectivity index (χ1v) is 47.2. The van der Waals surface area contributed by atoms with Crippen molar-refractivity contribution in [2.75, 3.05) is 54.3 Å². The van der Waals surface area contributed by atoms with Crippen LogP contribution < -0.4 is 55.9 Å². The van der Waals surface area contributed by atoms with Crippen LogP contribution >= 0.6 is 15.9 Å². The molecule has 5 unspecified atom stereocenters. The number of hydrogen-bond donors (Lipinski definition) is 2. The molecule has 0 spiro atoms. The van der Waals surface area contributed by atoms with Gasteiger partial charge in [0, 0.05) is 105 Å². The zero-order valence-corrected chi connectivity index (χ0v) is 82.0. The van der Waals surface area contributed by atoms with Crippen molar-refractivity contribution in [2.45, 2.75) is 272 Å². The summed E-state index contributed by atoms with van der Waals surface area (Å²) in [6, 6.07) is 95.8. The first-order valence-electron chi connectivity index (χ1n) is 46.4. The van der Waals surface area contributed by atoms with Crippen molar-refractivity contribution >= 4 is 61.4 Å². The summed E-state index contributed by atoms with van der Waals surface area (Å²) in [7, 11) is 0. The minimum Gasteiger partial charge on any atom is -0.850 e. The van der Waals surface area contributed by atoms with E-state index >= 15 is 0 Å². The number of rotatable bonds is 29. The maximum absolute atomic E-state index is 10.1. The Morgan fingerprint density at radius 3 is 0.592 bits per heavy atom. The minimum atomic E-state index is -0.750. The third-order valence-corrected chi connectivity index (χ3v) is 25.7. The molecule has 0 aliphatic carbocycles. The Hall–Kier alpha value is -8.34. The molecular weight excluding hydrogens is 1690 g/mol. The molecule has 16 rings (SSSR count). The largest absolute Gasteiger partial charge is 1.00 e. The molecule has 4 N–H and O–H groups in total. The van der Waals surface area contributed by atoms with E-state index in [9.17, 15) is 5.11 Å². The molecule has 0 aromatic heterocycles. The molecular formula is C113H140BrN4NaO11. The van der Waals surface area contributed by atoms with Gasteiger partial charge in [-0.1, -0.05) is 257 Å². The van der Waals surface area contributed by atoms with Gasteiger partial charge in [-0.2, -0.15) is 0 Å². The molecule has 5 heterocycles. The molecule has 130 heavy (non-hydrogen) atoms. The van der Waals surface area contributed by atoms with E-state index in [1.54, 1.807) is 20.8 Å². The van der Waals surface area contributed by atoms with Gasteiger partial charge in [-0.25, -0.2) is 0 Å². The van der Waals surface area contributed by atoms with E-state index in [1.807, 2.05) is 36.4 Å². The second-order valence-corrected chi connectivity index (χ2v) is 38.5. The monoisotopic (exact) mass is 1830 g/mol. The fourth-order valence-corrected chi connectivity index (χ4v) is 17.0. The topological polar surface area (TPSA) is 174 Å². The van der Waals surface area contributed by atoms with Crippen molar-refractivity contribution in [3.63, 3.8) is 0 Å². The average Bonchev–Trinajstić information content (AvgIpc) is 0.773. The van der Waals surface area contributed by atoms with Gasteiger partial charge in [0.05, 0.1) is 33.0 Å². The Kier molecular flexibility index (Phi) is 38.6. The summed E-state index contributed by atoms with van der Waals surface area (Å²) in [5.74, 6) is 0. The summed E-state index contributed by atoms with van der Waals surface area (Å²) >= 11 is 3.41. The second-order valence-electron chi connectivity index (χ2n) is 37.6. The first kappa shape index (κ1) is 102. The molecule has 0 saturated carbocycles. The van der Waals surface area contributed by atoms with Crippen LogP contribution in [0.5, 0.6) is 0 Å². The molecule has 0 bridgehead atoms. The van der Waals surface area contributed by atoms with Crippen LogP contribution in [0.25, 0.3) is 0 Å². The average molecular weight is 1830 g/mol. The summed E-state index contributed by atoms with van der Waals surface area (Å²) in [6.07, 6.45) is 15.7. The third kappa shape index (κ3) is 29.6. The fourth-order valence-electron chi connectivity index (χ4n) is 16.7. The Morgan fingerprint density at radius 1 is 0.269 bits per heavy atom. The Bertz CT molecular complexity index is 4680. The molecule has 686 valence electrons. The summed E-state index contributed by atoms with van der Waals surface area (Å²) in [4.78, 5) is 4.65. The van der Waals surface area contributed by atoms with E-state index in [1.165, 1.54) is 56.5 Å². The van der Waals surface area contributed by atoms with Crippen molar-refractivity contribution in [1.29, 1.82) is 0 Å². The van der Waals surface area contributed by atoms with Crippen molar-refractivity contribution in [3.8, 4) is 0 Å². The Balaban J connectivity index is 0.000000275. The van der Waals surface area contributed by atoms with E-state index in [2.05, 4.69) is 312 Å². The number of nitrogens with zero attached hydrogens (tertiary/aromatic N) is 2. The number of hydrogen-bond acceptors (Lipinski definition) is 15. The van der Waals surface area contributed by atoms with Crippen LogP contribution in [0.2, 0.25) is 0 Å². The molecule has 17 heteroatoms. The van der Waals surface area contributed by atoms with Crippen LogP contribution in [0.3, 0.4) is 0 Å². The van der Waals surface area contributed by atoms with Crippen LogP contribution in [-0.4, -0.2) is 70.1 Å². The molecule has 0 radical (unpaired) electrons. The summed E-state index contributed by atoms with van der Waals surface area (Å²) in [6.45, 7) is 29.8. The second kappa shape index (κ2) is 49.1. The van der Waals surface area contributed by atoms with Gasteiger partial charge in [-0.3, -0.25) is 0 Å². The first-order chi connectivity index (χ1) is 61.7. The molecule has 5 fully saturated rings. The van der Waals surface area contributed by atoms with E-state index in [0.717, 1.165) is 195 Å². The van der Waals surface area contributed by atoms with Gasteiger partial charge in [0.1, 0.15) is 0 Å². The van der Waals surface area contributed by atoms with Crippen molar-refractivity contribution in [3.05, 3.63) is 344 Å². The number of halogens is 1. The predicted molar refractivity (Wildman–Crippen MR) is 528 cm³/mol. The zero-order valence-electron chi connectivity index (χ0n) is 78.4. The molecule has 5 saturated heterocycles. The summed E-state index contributed by atoms with van der Waals surface area (Å²) < 4.78 is 60.2. The number of nitrogen functional groups attached to an aromatic ring is 2. The smallest absolute Gasteiger partial charge is 0.850 e. The van der Waals surface area contributed by atoms with E-state index < -0.39 is 5.60 Å². The zero-order chi connectivity index (χ0) is 90.1.